The Morgan fingerprint density at radius 1 is 1.41 bits per heavy atom. The highest BCUT2D eigenvalue weighted by molar-refractivity contribution is 9.11. The zero-order valence-electron chi connectivity index (χ0n) is 9.41. The highest BCUT2D eigenvalue weighted by Crippen LogP contribution is 2.30. The van der Waals surface area contributed by atoms with E-state index < -0.39 is 0 Å². The monoisotopic (exact) mass is 313 g/mol. The smallest absolute Gasteiger partial charge is 0.128 e. The summed E-state index contributed by atoms with van der Waals surface area (Å²) < 4.78 is 14.9. The molecule has 0 saturated heterocycles. The molecule has 1 nitrogen and oxygen atoms in total. The molecule has 17 heavy (non-hydrogen) atoms. The summed E-state index contributed by atoms with van der Waals surface area (Å²) >= 11 is 5.05. The van der Waals surface area contributed by atoms with Gasteiger partial charge in [-0.1, -0.05) is 25.1 Å². The number of hydrogen-bond acceptors (Lipinski definition) is 2. The summed E-state index contributed by atoms with van der Waals surface area (Å²) in [5.41, 5.74) is 1.79. The third kappa shape index (κ3) is 2.94. The molecule has 0 saturated carbocycles. The lowest BCUT2D eigenvalue weighted by Gasteiger charge is -2.17. The van der Waals surface area contributed by atoms with Gasteiger partial charge in [-0.3, -0.25) is 0 Å². The van der Waals surface area contributed by atoms with E-state index in [9.17, 15) is 4.39 Å². The van der Waals surface area contributed by atoms with E-state index in [1.54, 1.807) is 17.4 Å². The molecule has 4 heteroatoms. The van der Waals surface area contributed by atoms with E-state index in [1.807, 2.05) is 30.5 Å². The standard InChI is InChI=1S/C13H13BrFNS/c1-2-16-13(9-7-12(14)17-8-9)10-5-3-4-6-11(10)15/h3-8,13,16H,2H2,1H3. The van der Waals surface area contributed by atoms with Gasteiger partial charge in [0, 0.05) is 5.56 Å². The van der Waals surface area contributed by atoms with Gasteiger partial charge < -0.3 is 5.32 Å². The van der Waals surface area contributed by atoms with Crippen molar-refractivity contribution in [3.8, 4) is 0 Å². The fraction of sp³-hybridized carbons (Fsp3) is 0.231. The lowest BCUT2D eigenvalue weighted by atomic mass is 10.0. The Kier molecular flexibility index (Phi) is 4.31. The molecule has 0 spiro atoms. The first-order valence-electron chi connectivity index (χ1n) is 5.44. The maximum atomic E-state index is 13.8. The average Bonchev–Trinajstić information content (AvgIpc) is 2.74. The van der Waals surface area contributed by atoms with Crippen LogP contribution in [-0.2, 0) is 0 Å². The summed E-state index contributed by atoms with van der Waals surface area (Å²) in [7, 11) is 0. The summed E-state index contributed by atoms with van der Waals surface area (Å²) in [6.45, 7) is 2.82. The van der Waals surface area contributed by atoms with Crippen molar-refractivity contribution in [3.05, 3.63) is 56.4 Å². The second-order valence-electron chi connectivity index (χ2n) is 3.70. The zero-order chi connectivity index (χ0) is 12.3. The van der Waals surface area contributed by atoms with E-state index in [2.05, 4.69) is 21.2 Å². The molecule has 2 aromatic rings. The number of benzene rings is 1. The van der Waals surface area contributed by atoms with Crippen molar-refractivity contribution in [2.24, 2.45) is 0 Å². The Morgan fingerprint density at radius 3 is 2.76 bits per heavy atom. The summed E-state index contributed by atoms with van der Waals surface area (Å²) in [5, 5.41) is 5.36. The highest BCUT2D eigenvalue weighted by Gasteiger charge is 2.17. The van der Waals surface area contributed by atoms with Gasteiger partial charge in [-0.2, -0.15) is 0 Å². The Hall–Kier alpha value is -0.710. The zero-order valence-corrected chi connectivity index (χ0v) is 11.8. The van der Waals surface area contributed by atoms with Crippen LogP contribution in [0.15, 0.2) is 39.5 Å². The molecule has 0 amide bonds. The van der Waals surface area contributed by atoms with Gasteiger partial charge >= 0.3 is 0 Å². The minimum absolute atomic E-state index is 0.0799. The minimum Gasteiger partial charge on any atom is -0.306 e. The lowest BCUT2D eigenvalue weighted by Crippen LogP contribution is -2.22. The Balaban J connectivity index is 2.39. The average molecular weight is 314 g/mol. The molecular weight excluding hydrogens is 301 g/mol. The predicted molar refractivity (Wildman–Crippen MR) is 73.9 cm³/mol. The number of halogens is 2. The summed E-state index contributed by atoms with van der Waals surface area (Å²) in [6, 6.07) is 8.86. The van der Waals surface area contributed by atoms with E-state index in [0.717, 1.165) is 15.9 Å². The molecule has 0 aliphatic carbocycles. The van der Waals surface area contributed by atoms with Crippen LogP contribution in [0, 0.1) is 5.82 Å². The molecule has 0 aliphatic heterocycles. The van der Waals surface area contributed by atoms with E-state index in [4.69, 9.17) is 0 Å². The van der Waals surface area contributed by atoms with Crippen LogP contribution in [0.5, 0.6) is 0 Å². The van der Waals surface area contributed by atoms with Crippen molar-refractivity contribution in [2.75, 3.05) is 6.54 Å². The first-order chi connectivity index (χ1) is 8.22. The van der Waals surface area contributed by atoms with Gasteiger partial charge in [0.1, 0.15) is 5.82 Å². The van der Waals surface area contributed by atoms with Crippen LogP contribution in [0.2, 0.25) is 0 Å². The molecule has 0 radical (unpaired) electrons. The van der Waals surface area contributed by atoms with Crippen LogP contribution < -0.4 is 5.32 Å². The van der Waals surface area contributed by atoms with E-state index >= 15 is 0 Å². The van der Waals surface area contributed by atoms with Crippen molar-refractivity contribution in [3.63, 3.8) is 0 Å². The summed E-state index contributed by atoms with van der Waals surface area (Å²) in [6.07, 6.45) is 0. The van der Waals surface area contributed by atoms with Crippen LogP contribution in [-0.4, -0.2) is 6.54 Å². The van der Waals surface area contributed by atoms with E-state index in [-0.39, 0.29) is 11.9 Å². The van der Waals surface area contributed by atoms with Crippen LogP contribution in [0.4, 0.5) is 4.39 Å². The van der Waals surface area contributed by atoms with Crippen LogP contribution in [0.25, 0.3) is 0 Å². The first-order valence-corrected chi connectivity index (χ1v) is 7.11. The van der Waals surface area contributed by atoms with Crippen molar-refractivity contribution < 1.29 is 4.39 Å². The maximum absolute atomic E-state index is 13.8. The van der Waals surface area contributed by atoms with E-state index in [1.165, 1.54) is 6.07 Å². The van der Waals surface area contributed by atoms with Crippen molar-refractivity contribution in [1.29, 1.82) is 0 Å². The molecule has 90 valence electrons. The lowest BCUT2D eigenvalue weighted by molar-refractivity contribution is 0.560. The largest absolute Gasteiger partial charge is 0.306 e. The molecule has 2 rings (SSSR count). The van der Waals surface area contributed by atoms with Gasteiger partial charge in [-0.05, 0) is 45.6 Å². The van der Waals surface area contributed by atoms with E-state index in [0.29, 0.717) is 5.56 Å². The number of nitrogens with one attached hydrogen (secondary N) is 1. The highest BCUT2D eigenvalue weighted by atomic mass is 79.9. The molecule has 1 aromatic heterocycles. The number of hydrogen-bond donors (Lipinski definition) is 1. The van der Waals surface area contributed by atoms with Gasteiger partial charge in [0.2, 0.25) is 0 Å². The third-order valence-corrected chi connectivity index (χ3v) is 4.07. The van der Waals surface area contributed by atoms with Gasteiger partial charge in [-0.15, -0.1) is 11.3 Å². The molecule has 1 unspecified atom stereocenters. The molecular formula is C13H13BrFNS. The minimum atomic E-state index is -0.166. The topological polar surface area (TPSA) is 12.0 Å². The quantitative estimate of drug-likeness (QED) is 0.885. The Labute approximate surface area is 113 Å². The number of thiophene rings is 1. The van der Waals surface area contributed by atoms with Gasteiger partial charge in [0.15, 0.2) is 0 Å². The fourth-order valence-corrected chi connectivity index (χ4v) is 3.00. The second kappa shape index (κ2) is 5.76. The molecule has 1 atom stereocenters. The normalized spacial score (nSPS) is 12.6. The van der Waals surface area contributed by atoms with Crippen LogP contribution >= 0.6 is 27.3 Å². The van der Waals surface area contributed by atoms with Gasteiger partial charge in [0.25, 0.3) is 0 Å². The van der Waals surface area contributed by atoms with Crippen molar-refractivity contribution >= 4 is 27.3 Å². The molecule has 1 N–H and O–H groups in total. The molecule has 1 aromatic carbocycles. The summed E-state index contributed by atoms with van der Waals surface area (Å²) in [4.78, 5) is 0. The van der Waals surface area contributed by atoms with Crippen molar-refractivity contribution in [2.45, 2.75) is 13.0 Å². The second-order valence-corrected chi connectivity index (χ2v) is 5.99. The van der Waals surface area contributed by atoms with Crippen LogP contribution in [0.3, 0.4) is 0 Å². The molecule has 0 fully saturated rings. The third-order valence-electron chi connectivity index (χ3n) is 2.55. The van der Waals surface area contributed by atoms with Gasteiger partial charge in [0.05, 0.1) is 9.83 Å². The molecule has 0 bridgehead atoms. The maximum Gasteiger partial charge on any atom is 0.128 e. The van der Waals surface area contributed by atoms with Gasteiger partial charge in [-0.25, -0.2) is 4.39 Å². The Morgan fingerprint density at radius 2 is 2.18 bits per heavy atom. The Bertz CT molecular complexity index is 498. The molecule has 0 aliphatic rings. The SMILES string of the molecule is CCNC(c1csc(Br)c1)c1ccccc1F. The van der Waals surface area contributed by atoms with Crippen LogP contribution in [0.1, 0.15) is 24.1 Å². The summed E-state index contributed by atoms with van der Waals surface area (Å²) in [5.74, 6) is -0.166. The molecule has 1 heterocycles. The number of rotatable bonds is 4. The predicted octanol–water partition coefficient (Wildman–Crippen LogP) is 4.35. The first kappa shape index (κ1) is 12.7. The fourth-order valence-electron chi connectivity index (χ4n) is 1.80. The van der Waals surface area contributed by atoms with Crippen molar-refractivity contribution in [1.82, 2.24) is 5.32 Å².